The molecule has 2 unspecified atom stereocenters. The highest BCUT2D eigenvalue weighted by atomic mass is 32.2. The fraction of sp³-hybridized carbons (Fsp3) is 0.700. The minimum absolute atomic E-state index is 0.607. The van der Waals surface area contributed by atoms with E-state index in [4.69, 9.17) is 4.74 Å². The zero-order valence-electron chi connectivity index (χ0n) is 16.1. The first-order chi connectivity index (χ1) is 11.8. The first-order valence-electron chi connectivity index (χ1n) is 9.54. The van der Waals surface area contributed by atoms with Crippen LogP contribution < -0.4 is 4.74 Å². The average Bonchev–Trinajstić information content (AvgIpc) is 2.55. The maximum Gasteiger partial charge on any atom is 0.271 e. The molecule has 0 saturated carbocycles. The summed E-state index contributed by atoms with van der Waals surface area (Å²) in [6, 6.07) is 6.07. The lowest BCUT2D eigenvalue weighted by atomic mass is 9.97. The Morgan fingerprint density at radius 2 is 1.52 bits per heavy atom. The van der Waals surface area contributed by atoms with Gasteiger partial charge in [0.2, 0.25) is 0 Å². The average molecular weight is 371 g/mol. The highest BCUT2D eigenvalue weighted by Gasteiger charge is 2.26. The molecule has 0 aliphatic rings. The summed E-state index contributed by atoms with van der Waals surface area (Å²) in [5.41, 5.74) is 2.67. The maximum atomic E-state index is 11.3. The van der Waals surface area contributed by atoms with Crippen LogP contribution in [0.2, 0.25) is 0 Å². The van der Waals surface area contributed by atoms with Crippen LogP contribution in [0, 0.1) is 0 Å². The molecule has 0 heterocycles. The summed E-state index contributed by atoms with van der Waals surface area (Å²) in [6.07, 6.45) is 8.66. The van der Waals surface area contributed by atoms with Crippen LogP contribution in [0.5, 0.6) is 5.75 Å². The molecule has 0 saturated heterocycles. The summed E-state index contributed by atoms with van der Waals surface area (Å²) in [6.45, 7) is 7.53. The SMILES string of the molecule is CCCCCc1ccc(OC(C)C(C)S(=O)(=O)O)cc1CCCCC. The van der Waals surface area contributed by atoms with Gasteiger partial charge >= 0.3 is 0 Å². The van der Waals surface area contributed by atoms with Gasteiger partial charge in [0, 0.05) is 0 Å². The molecule has 0 amide bonds. The Bertz CT molecular complexity index is 610. The van der Waals surface area contributed by atoms with Gasteiger partial charge in [0.25, 0.3) is 10.1 Å². The van der Waals surface area contributed by atoms with Gasteiger partial charge in [-0.25, -0.2) is 0 Å². The normalized spacial score (nSPS) is 14.3. The summed E-state index contributed by atoms with van der Waals surface area (Å²) >= 11 is 0. The first kappa shape index (κ1) is 22.0. The van der Waals surface area contributed by atoms with Gasteiger partial charge in [-0.15, -0.1) is 0 Å². The number of hydrogen-bond acceptors (Lipinski definition) is 3. The molecule has 5 heteroatoms. The summed E-state index contributed by atoms with van der Waals surface area (Å²) in [5.74, 6) is 0.675. The molecular weight excluding hydrogens is 336 g/mol. The van der Waals surface area contributed by atoms with Gasteiger partial charge in [-0.3, -0.25) is 4.55 Å². The first-order valence-corrected chi connectivity index (χ1v) is 11.0. The van der Waals surface area contributed by atoms with E-state index in [0.717, 1.165) is 19.3 Å². The van der Waals surface area contributed by atoms with E-state index in [2.05, 4.69) is 19.9 Å². The second kappa shape index (κ2) is 10.8. The zero-order valence-corrected chi connectivity index (χ0v) is 16.9. The molecule has 0 bridgehead atoms. The monoisotopic (exact) mass is 370 g/mol. The van der Waals surface area contributed by atoms with Crippen molar-refractivity contribution in [2.45, 2.75) is 90.4 Å². The van der Waals surface area contributed by atoms with Crippen molar-refractivity contribution < 1.29 is 17.7 Å². The van der Waals surface area contributed by atoms with E-state index < -0.39 is 21.5 Å². The Morgan fingerprint density at radius 3 is 2.04 bits per heavy atom. The molecule has 1 aromatic carbocycles. The number of ether oxygens (including phenoxy) is 1. The lowest BCUT2D eigenvalue weighted by Crippen LogP contribution is -2.33. The van der Waals surface area contributed by atoms with E-state index in [1.165, 1.54) is 50.2 Å². The van der Waals surface area contributed by atoms with E-state index in [1.807, 2.05) is 12.1 Å². The Kier molecular flexibility index (Phi) is 9.51. The molecule has 25 heavy (non-hydrogen) atoms. The predicted octanol–water partition coefficient (Wildman–Crippen LogP) is 5.20. The number of benzene rings is 1. The number of aryl methyl sites for hydroxylation is 2. The molecule has 144 valence electrons. The van der Waals surface area contributed by atoms with Crippen molar-refractivity contribution in [2.75, 3.05) is 0 Å². The van der Waals surface area contributed by atoms with Crippen LogP contribution in [0.25, 0.3) is 0 Å². The smallest absolute Gasteiger partial charge is 0.271 e. The molecule has 0 fully saturated rings. The summed E-state index contributed by atoms with van der Waals surface area (Å²) < 4.78 is 37.5. The van der Waals surface area contributed by atoms with Gasteiger partial charge in [0.05, 0.1) is 0 Å². The molecule has 1 rings (SSSR count). The Hall–Kier alpha value is -1.07. The molecule has 2 atom stereocenters. The van der Waals surface area contributed by atoms with E-state index in [9.17, 15) is 13.0 Å². The standard InChI is InChI=1S/C20H34O4S/c1-5-7-9-11-18-13-14-20(15-19(18)12-10-8-6-2)24-16(3)17(4)25(21,22)23/h13-17H,5-12H2,1-4H3,(H,21,22,23). The van der Waals surface area contributed by atoms with Crippen molar-refractivity contribution in [3.8, 4) is 5.75 Å². The van der Waals surface area contributed by atoms with Crippen LogP contribution >= 0.6 is 0 Å². The van der Waals surface area contributed by atoms with E-state index in [-0.39, 0.29) is 0 Å². The Labute approximate surface area is 153 Å². The van der Waals surface area contributed by atoms with E-state index in [0.29, 0.717) is 5.75 Å². The Morgan fingerprint density at radius 1 is 0.960 bits per heavy atom. The van der Waals surface area contributed by atoms with Crippen LogP contribution in [-0.2, 0) is 23.0 Å². The van der Waals surface area contributed by atoms with Gasteiger partial charge < -0.3 is 4.74 Å². The van der Waals surface area contributed by atoms with Crippen molar-refractivity contribution >= 4 is 10.1 Å². The molecule has 4 nitrogen and oxygen atoms in total. The quantitative estimate of drug-likeness (QED) is 0.406. The van der Waals surface area contributed by atoms with Crippen molar-refractivity contribution in [1.82, 2.24) is 0 Å². The minimum Gasteiger partial charge on any atom is -0.489 e. The van der Waals surface area contributed by atoms with Crippen LogP contribution in [0.15, 0.2) is 18.2 Å². The lowest BCUT2D eigenvalue weighted by molar-refractivity contribution is 0.214. The molecular formula is C20H34O4S. The minimum atomic E-state index is -4.10. The van der Waals surface area contributed by atoms with Crippen molar-refractivity contribution in [3.63, 3.8) is 0 Å². The van der Waals surface area contributed by atoms with Crippen molar-refractivity contribution in [2.24, 2.45) is 0 Å². The summed E-state index contributed by atoms with van der Waals surface area (Å²) in [4.78, 5) is 0. The molecule has 1 N–H and O–H groups in total. The van der Waals surface area contributed by atoms with Crippen LogP contribution in [-0.4, -0.2) is 24.3 Å². The van der Waals surface area contributed by atoms with E-state index >= 15 is 0 Å². The van der Waals surface area contributed by atoms with Crippen LogP contribution in [0.4, 0.5) is 0 Å². The van der Waals surface area contributed by atoms with Gasteiger partial charge in [0.1, 0.15) is 17.1 Å². The molecule has 0 aliphatic heterocycles. The third-order valence-electron chi connectivity index (χ3n) is 4.73. The van der Waals surface area contributed by atoms with E-state index in [1.54, 1.807) is 6.92 Å². The second-order valence-corrected chi connectivity index (χ2v) is 8.66. The predicted molar refractivity (Wildman–Crippen MR) is 104 cm³/mol. The van der Waals surface area contributed by atoms with Crippen molar-refractivity contribution in [1.29, 1.82) is 0 Å². The highest BCUT2D eigenvalue weighted by molar-refractivity contribution is 7.86. The molecule has 0 radical (unpaired) electrons. The van der Waals surface area contributed by atoms with Crippen LogP contribution in [0.3, 0.4) is 0 Å². The Balaban J connectivity index is 2.88. The maximum absolute atomic E-state index is 11.3. The topological polar surface area (TPSA) is 63.6 Å². The number of rotatable bonds is 12. The third kappa shape index (κ3) is 7.78. The van der Waals surface area contributed by atoms with Gasteiger partial charge in [0.15, 0.2) is 0 Å². The molecule has 0 aliphatic carbocycles. The fourth-order valence-electron chi connectivity index (χ4n) is 2.84. The summed E-state index contributed by atoms with van der Waals surface area (Å²) in [7, 11) is -4.10. The zero-order chi connectivity index (χ0) is 18.9. The number of hydrogen-bond donors (Lipinski definition) is 1. The van der Waals surface area contributed by atoms with Gasteiger partial charge in [-0.2, -0.15) is 8.42 Å². The van der Waals surface area contributed by atoms with Gasteiger partial charge in [-0.05, 0) is 62.8 Å². The van der Waals surface area contributed by atoms with Crippen LogP contribution in [0.1, 0.15) is 77.3 Å². The lowest BCUT2D eigenvalue weighted by Gasteiger charge is -2.20. The number of unbranched alkanes of at least 4 members (excludes halogenated alkanes) is 4. The molecule has 0 spiro atoms. The van der Waals surface area contributed by atoms with Gasteiger partial charge in [-0.1, -0.05) is 45.6 Å². The molecule has 1 aromatic rings. The highest BCUT2D eigenvalue weighted by Crippen LogP contribution is 2.24. The largest absolute Gasteiger partial charge is 0.489 e. The summed E-state index contributed by atoms with van der Waals surface area (Å²) in [5, 5.41) is -0.958. The fourth-order valence-corrected chi connectivity index (χ4v) is 3.38. The molecule has 0 aromatic heterocycles. The van der Waals surface area contributed by atoms with Crippen molar-refractivity contribution in [3.05, 3.63) is 29.3 Å². The second-order valence-electron chi connectivity index (χ2n) is 6.89. The third-order valence-corrected chi connectivity index (χ3v) is 6.05.